The Morgan fingerprint density at radius 2 is 2.29 bits per heavy atom. The Bertz CT molecular complexity index is 580. The van der Waals surface area contributed by atoms with Crippen LogP contribution in [-0.2, 0) is 11.3 Å². The molecule has 0 unspecified atom stereocenters. The van der Waals surface area contributed by atoms with Crippen LogP contribution >= 0.6 is 12.2 Å². The van der Waals surface area contributed by atoms with Gasteiger partial charge in [-0.2, -0.15) is 0 Å². The monoisotopic (exact) mass is 247 g/mol. The van der Waals surface area contributed by atoms with E-state index in [1.54, 1.807) is 25.6 Å². The van der Waals surface area contributed by atoms with Crippen molar-refractivity contribution in [3.63, 3.8) is 0 Å². The molecule has 2 aromatic rings. The molecule has 0 radical (unpaired) electrons. The summed E-state index contributed by atoms with van der Waals surface area (Å²) in [6.07, 6.45) is 3.53. The molecule has 0 spiro atoms. The van der Waals surface area contributed by atoms with Gasteiger partial charge in [0.2, 0.25) is 0 Å². The van der Waals surface area contributed by atoms with Crippen molar-refractivity contribution >= 4 is 12.2 Å². The van der Waals surface area contributed by atoms with E-state index in [1.807, 2.05) is 13.0 Å². The van der Waals surface area contributed by atoms with Gasteiger partial charge in [0.15, 0.2) is 0 Å². The maximum Gasteiger partial charge on any atom is 0.141 e. The molecule has 0 aliphatic rings. The van der Waals surface area contributed by atoms with Crippen molar-refractivity contribution < 1.29 is 4.74 Å². The molecular weight excluding hydrogens is 234 g/mol. The Morgan fingerprint density at radius 3 is 3.00 bits per heavy atom. The van der Waals surface area contributed by atoms with Crippen molar-refractivity contribution in [1.82, 2.24) is 15.0 Å². The number of ether oxygens (including phenoxy) is 1. The minimum atomic E-state index is 0.485. The Hall–Kier alpha value is -1.59. The molecular formula is C12H13N3OS. The van der Waals surface area contributed by atoms with Crippen molar-refractivity contribution in [3.05, 3.63) is 40.4 Å². The Morgan fingerprint density at radius 1 is 1.47 bits per heavy atom. The number of methoxy groups -OCH3 is 1. The van der Waals surface area contributed by atoms with Crippen molar-refractivity contribution in [1.29, 1.82) is 0 Å². The molecule has 2 aromatic heterocycles. The van der Waals surface area contributed by atoms with Gasteiger partial charge in [0.25, 0.3) is 0 Å². The van der Waals surface area contributed by atoms with E-state index >= 15 is 0 Å². The van der Waals surface area contributed by atoms with E-state index in [0.29, 0.717) is 11.2 Å². The maximum atomic E-state index is 5.14. The largest absolute Gasteiger partial charge is 0.378 e. The molecule has 0 aromatic carbocycles. The fourth-order valence-electron chi connectivity index (χ4n) is 1.58. The van der Waals surface area contributed by atoms with E-state index < -0.39 is 0 Å². The zero-order valence-electron chi connectivity index (χ0n) is 9.73. The zero-order chi connectivity index (χ0) is 12.3. The van der Waals surface area contributed by atoms with Crippen LogP contribution in [-0.4, -0.2) is 22.1 Å². The van der Waals surface area contributed by atoms with Gasteiger partial charge in [0.05, 0.1) is 6.61 Å². The summed E-state index contributed by atoms with van der Waals surface area (Å²) in [6.45, 7) is 2.50. The number of hydrogen-bond donors (Lipinski definition) is 1. The standard InChI is InChI=1S/C12H13N3OS/c1-8-3-4-13-6-10(8)12-14-9(7-16-2)5-11(17)15-12/h3-6H,7H2,1-2H3,(H,14,15,17). The van der Waals surface area contributed by atoms with Gasteiger partial charge in [-0.3, -0.25) is 4.98 Å². The topological polar surface area (TPSA) is 50.8 Å². The highest BCUT2D eigenvalue weighted by atomic mass is 32.1. The van der Waals surface area contributed by atoms with Crippen LogP contribution in [0.4, 0.5) is 0 Å². The highest BCUT2D eigenvalue weighted by molar-refractivity contribution is 7.71. The van der Waals surface area contributed by atoms with Crippen LogP contribution in [0.25, 0.3) is 11.4 Å². The van der Waals surface area contributed by atoms with E-state index in [2.05, 4.69) is 15.0 Å². The third-order valence-corrected chi connectivity index (χ3v) is 2.60. The molecule has 17 heavy (non-hydrogen) atoms. The Balaban J connectivity index is 2.52. The van der Waals surface area contributed by atoms with Gasteiger partial charge in [-0.25, -0.2) is 4.98 Å². The Labute approximate surface area is 105 Å². The second kappa shape index (κ2) is 5.16. The van der Waals surface area contributed by atoms with E-state index in [-0.39, 0.29) is 0 Å². The predicted octanol–water partition coefficient (Wildman–Crippen LogP) is 2.66. The molecule has 5 heteroatoms. The molecule has 0 saturated heterocycles. The number of pyridine rings is 1. The molecule has 4 nitrogen and oxygen atoms in total. The lowest BCUT2D eigenvalue weighted by Crippen LogP contribution is -1.98. The van der Waals surface area contributed by atoms with Crippen LogP contribution in [0, 0.1) is 11.6 Å². The molecule has 0 atom stereocenters. The summed E-state index contributed by atoms with van der Waals surface area (Å²) in [5, 5.41) is 0. The molecule has 2 rings (SSSR count). The molecule has 2 heterocycles. The van der Waals surface area contributed by atoms with Crippen molar-refractivity contribution in [2.75, 3.05) is 7.11 Å². The van der Waals surface area contributed by atoms with E-state index in [0.717, 1.165) is 22.6 Å². The summed E-state index contributed by atoms with van der Waals surface area (Å²) >= 11 is 5.14. The molecule has 0 fully saturated rings. The van der Waals surface area contributed by atoms with Crippen LogP contribution in [0.2, 0.25) is 0 Å². The third-order valence-electron chi connectivity index (χ3n) is 2.39. The van der Waals surface area contributed by atoms with Crippen LogP contribution in [0.5, 0.6) is 0 Å². The maximum absolute atomic E-state index is 5.14. The van der Waals surface area contributed by atoms with Gasteiger partial charge in [-0.1, -0.05) is 12.2 Å². The molecule has 0 aliphatic carbocycles. The van der Waals surface area contributed by atoms with Crippen molar-refractivity contribution in [2.45, 2.75) is 13.5 Å². The number of aromatic amines is 1. The SMILES string of the molecule is COCc1cc(=S)nc(-c2cnccc2C)[nH]1. The van der Waals surface area contributed by atoms with Gasteiger partial charge in [0.1, 0.15) is 10.5 Å². The lowest BCUT2D eigenvalue weighted by Gasteiger charge is -2.07. The summed E-state index contributed by atoms with van der Waals surface area (Å²) in [7, 11) is 1.65. The van der Waals surface area contributed by atoms with Gasteiger partial charge in [0, 0.05) is 30.8 Å². The van der Waals surface area contributed by atoms with Crippen LogP contribution in [0.15, 0.2) is 24.5 Å². The molecule has 88 valence electrons. The number of nitrogens with zero attached hydrogens (tertiary/aromatic N) is 2. The quantitative estimate of drug-likeness (QED) is 0.847. The number of aromatic nitrogens is 3. The molecule has 0 aliphatic heterocycles. The van der Waals surface area contributed by atoms with E-state index in [9.17, 15) is 0 Å². The van der Waals surface area contributed by atoms with Crippen LogP contribution in [0.1, 0.15) is 11.3 Å². The summed E-state index contributed by atoms with van der Waals surface area (Å²) in [4.78, 5) is 11.6. The number of H-pyrrole nitrogens is 1. The molecule has 0 bridgehead atoms. The lowest BCUT2D eigenvalue weighted by molar-refractivity contribution is 0.181. The van der Waals surface area contributed by atoms with Crippen LogP contribution in [0.3, 0.4) is 0 Å². The summed E-state index contributed by atoms with van der Waals surface area (Å²) in [5.74, 6) is 0.732. The van der Waals surface area contributed by atoms with Gasteiger partial charge in [-0.15, -0.1) is 0 Å². The minimum Gasteiger partial charge on any atom is -0.378 e. The normalized spacial score (nSPS) is 10.5. The van der Waals surface area contributed by atoms with Gasteiger partial charge >= 0.3 is 0 Å². The summed E-state index contributed by atoms with van der Waals surface area (Å²) in [5.41, 5.74) is 2.97. The third kappa shape index (κ3) is 2.75. The van der Waals surface area contributed by atoms with E-state index in [1.165, 1.54) is 0 Å². The predicted molar refractivity (Wildman–Crippen MR) is 68.1 cm³/mol. The first kappa shape index (κ1) is 11.9. The van der Waals surface area contributed by atoms with Gasteiger partial charge in [-0.05, 0) is 24.6 Å². The number of aryl methyl sites for hydroxylation is 1. The number of hydrogen-bond acceptors (Lipinski definition) is 4. The smallest absolute Gasteiger partial charge is 0.141 e. The van der Waals surface area contributed by atoms with Crippen LogP contribution < -0.4 is 0 Å². The number of nitrogens with one attached hydrogen (secondary N) is 1. The molecule has 0 saturated carbocycles. The average Bonchev–Trinajstić information content (AvgIpc) is 2.29. The summed E-state index contributed by atoms with van der Waals surface area (Å²) < 4.78 is 5.63. The number of rotatable bonds is 3. The zero-order valence-corrected chi connectivity index (χ0v) is 10.5. The molecule has 0 amide bonds. The Kier molecular flexibility index (Phi) is 3.61. The first-order valence-corrected chi connectivity index (χ1v) is 5.61. The first-order valence-electron chi connectivity index (χ1n) is 5.21. The van der Waals surface area contributed by atoms with Crippen molar-refractivity contribution in [3.8, 4) is 11.4 Å². The van der Waals surface area contributed by atoms with E-state index in [4.69, 9.17) is 17.0 Å². The van der Waals surface area contributed by atoms with Gasteiger partial charge < -0.3 is 9.72 Å². The summed E-state index contributed by atoms with van der Waals surface area (Å²) in [6, 6.07) is 3.74. The first-order chi connectivity index (χ1) is 8.20. The van der Waals surface area contributed by atoms with Crippen molar-refractivity contribution in [2.24, 2.45) is 0 Å². The fraction of sp³-hybridized carbons (Fsp3) is 0.250. The minimum absolute atomic E-state index is 0.485. The highest BCUT2D eigenvalue weighted by Crippen LogP contribution is 2.18. The highest BCUT2D eigenvalue weighted by Gasteiger charge is 2.05. The lowest BCUT2D eigenvalue weighted by atomic mass is 10.1. The fourth-order valence-corrected chi connectivity index (χ4v) is 1.81. The molecule has 1 N–H and O–H groups in total. The second-order valence-corrected chi connectivity index (χ2v) is 4.14. The second-order valence-electron chi connectivity index (χ2n) is 3.72. The average molecular weight is 247 g/mol.